The molecular formula is C17H30O2. The second kappa shape index (κ2) is 15.0. The molecule has 0 aliphatic carbocycles. The normalized spacial score (nSPS) is 10.8. The highest BCUT2D eigenvalue weighted by Crippen LogP contribution is 2.08. The molecule has 0 radical (unpaired) electrons. The maximum Gasteiger partial charge on any atom is 0.305 e. The Balaban J connectivity index is 3.18. The van der Waals surface area contributed by atoms with Gasteiger partial charge in [-0.2, -0.15) is 0 Å². The molecule has 0 atom stereocenters. The first kappa shape index (κ1) is 17.9. The fourth-order valence-corrected chi connectivity index (χ4v) is 1.88. The lowest BCUT2D eigenvalue weighted by Crippen LogP contribution is -2.05. The molecule has 19 heavy (non-hydrogen) atoms. The van der Waals surface area contributed by atoms with E-state index >= 15 is 0 Å². The lowest BCUT2D eigenvalue weighted by molar-refractivity contribution is -0.143. The van der Waals surface area contributed by atoms with Crippen LogP contribution < -0.4 is 0 Å². The van der Waals surface area contributed by atoms with Crippen LogP contribution in [0.2, 0.25) is 0 Å². The highest BCUT2D eigenvalue weighted by atomic mass is 16.5. The lowest BCUT2D eigenvalue weighted by Gasteiger charge is -2.04. The molecular weight excluding hydrogens is 236 g/mol. The Labute approximate surface area is 118 Å². The van der Waals surface area contributed by atoms with Crippen molar-refractivity contribution in [2.75, 3.05) is 6.61 Å². The molecule has 0 saturated heterocycles. The van der Waals surface area contributed by atoms with E-state index in [0.29, 0.717) is 13.0 Å². The summed E-state index contributed by atoms with van der Waals surface area (Å²) in [5, 5.41) is 0. The minimum absolute atomic E-state index is 0.0347. The predicted molar refractivity (Wildman–Crippen MR) is 82.1 cm³/mol. The van der Waals surface area contributed by atoms with Gasteiger partial charge in [0.25, 0.3) is 0 Å². The summed E-state index contributed by atoms with van der Waals surface area (Å²) in [4.78, 5) is 11.4. The van der Waals surface area contributed by atoms with Crippen LogP contribution in [0.15, 0.2) is 24.8 Å². The summed E-state index contributed by atoms with van der Waals surface area (Å²) >= 11 is 0. The third kappa shape index (κ3) is 14.9. The Hall–Kier alpha value is -1.05. The van der Waals surface area contributed by atoms with E-state index in [-0.39, 0.29) is 5.97 Å². The van der Waals surface area contributed by atoms with Gasteiger partial charge in [-0.3, -0.25) is 4.79 Å². The molecule has 0 fully saturated rings. The summed E-state index contributed by atoms with van der Waals surface area (Å²) in [5.41, 5.74) is 0. The zero-order chi connectivity index (χ0) is 14.2. The van der Waals surface area contributed by atoms with Crippen LogP contribution in [-0.2, 0) is 9.53 Å². The highest BCUT2D eigenvalue weighted by molar-refractivity contribution is 5.69. The van der Waals surface area contributed by atoms with Gasteiger partial charge in [-0.25, -0.2) is 0 Å². The van der Waals surface area contributed by atoms with Crippen molar-refractivity contribution in [2.45, 2.75) is 71.1 Å². The number of allylic oxidation sites excluding steroid dienone is 3. The smallest absolute Gasteiger partial charge is 0.305 e. The van der Waals surface area contributed by atoms with Gasteiger partial charge in [0.1, 0.15) is 0 Å². The average Bonchev–Trinajstić information content (AvgIpc) is 2.41. The molecule has 0 aliphatic rings. The van der Waals surface area contributed by atoms with Gasteiger partial charge in [-0.1, -0.05) is 37.5 Å². The summed E-state index contributed by atoms with van der Waals surface area (Å²) in [7, 11) is 0. The van der Waals surface area contributed by atoms with Crippen molar-refractivity contribution in [3.8, 4) is 0 Å². The quantitative estimate of drug-likeness (QED) is 0.260. The van der Waals surface area contributed by atoms with Crippen LogP contribution >= 0.6 is 0 Å². The maximum absolute atomic E-state index is 11.4. The van der Waals surface area contributed by atoms with Gasteiger partial charge in [-0.05, 0) is 45.4 Å². The van der Waals surface area contributed by atoms with E-state index in [9.17, 15) is 4.79 Å². The van der Waals surface area contributed by atoms with Crippen LogP contribution in [-0.4, -0.2) is 12.6 Å². The maximum atomic E-state index is 11.4. The number of ether oxygens (including phenoxy) is 1. The van der Waals surface area contributed by atoms with Gasteiger partial charge in [0, 0.05) is 6.42 Å². The second-order valence-electron chi connectivity index (χ2n) is 4.88. The van der Waals surface area contributed by atoms with Gasteiger partial charge < -0.3 is 4.74 Å². The number of carbonyl (C=O) groups excluding carboxylic acids is 1. The first-order valence-corrected chi connectivity index (χ1v) is 7.69. The molecule has 0 N–H and O–H groups in total. The molecule has 0 heterocycles. The molecule has 0 aromatic heterocycles. The Morgan fingerprint density at radius 1 is 1.00 bits per heavy atom. The van der Waals surface area contributed by atoms with Crippen molar-refractivity contribution in [2.24, 2.45) is 0 Å². The first-order chi connectivity index (χ1) is 9.31. The van der Waals surface area contributed by atoms with E-state index in [1.54, 1.807) is 0 Å². The average molecular weight is 266 g/mol. The van der Waals surface area contributed by atoms with E-state index in [4.69, 9.17) is 4.74 Å². The second-order valence-corrected chi connectivity index (χ2v) is 4.88. The first-order valence-electron chi connectivity index (χ1n) is 7.69. The molecule has 0 aromatic rings. The molecule has 0 aromatic carbocycles. The largest absolute Gasteiger partial charge is 0.466 e. The number of esters is 1. The molecule has 110 valence electrons. The minimum Gasteiger partial charge on any atom is -0.466 e. The molecule has 0 amide bonds. The van der Waals surface area contributed by atoms with E-state index in [1.165, 1.54) is 25.7 Å². The topological polar surface area (TPSA) is 26.3 Å². The highest BCUT2D eigenvalue weighted by Gasteiger charge is 2.01. The van der Waals surface area contributed by atoms with Crippen molar-refractivity contribution in [1.29, 1.82) is 0 Å². The summed E-state index contributed by atoms with van der Waals surface area (Å²) in [5.74, 6) is -0.0347. The standard InChI is InChI=1S/C17H30O2/c1-3-5-7-9-10-11-12-13-15-17(18)19-16-14-8-6-4-2/h3-5H,2,6-16H2,1H3/b5-3+. The number of hydrogen-bond donors (Lipinski definition) is 0. The number of hydrogen-bond acceptors (Lipinski definition) is 2. The molecule has 0 bridgehead atoms. The van der Waals surface area contributed by atoms with Crippen molar-refractivity contribution in [3.63, 3.8) is 0 Å². The monoisotopic (exact) mass is 266 g/mol. The van der Waals surface area contributed by atoms with E-state index in [2.05, 4.69) is 25.7 Å². The lowest BCUT2D eigenvalue weighted by atomic mass is 10.1. The number of unbranched alkanes of at least 4 members (excludes halogenated alkanes) is 7. The molecule has 0 unspecified atom stereocenters. The van der Waals surface area contributed by atoms with Gasteiger partial charge in [0.15, 0.2) is 0 Å². The van der Waals surface area contributed by atoms with E-state index in [1.807, 2.05) is 6.08 Å². The summed E-state index contributed by atoms with van der Waals surface area (Å²) in [6.07, 6.45) is 16.8. The molecule has 0 rings (SSSR count). The number of rotatable bonds is 13. The molecule has 0 spiro atoms. The van der Waals surface area contributed by atoms with Crippen molar-refractivity contribution in [3.05, 3.63) is 24.8 Å². The Bertz CT molecular complexity index is 244. The Morgan fingerprint density at radius 2 is 1.68 bits per heavy atom. The van der Waals surface area contributed by atoms with Gasteiger partial charge in [0.05, 0.1) is 6.61 Å². The SMILES string of the molecule is C=CCCCCOC(=O)CCCCCCC/C=C/C. The molecule has 0 aliphatic heterocycles. The summed E-state index contributed by atoms with van der Waals surface area (Å²) in [6.45, 7) is 6.29. The van der Waals surface area contributed by atoms with E-state index in [0.717, 1.165) is 32.1 Å². The van der Waals surface area contributed by atoms with Crippen LogP contribution in [0, 0.1) is 0 Å². The Morgan fingerprint density at radius 3 is 2.42 bits per heavy atom. The Kier molecular flexibility index (Phi) is 14.2. The predicted octanol–water partition coefficient (Wildman–Crippen LogP) is 5.19. The van der Waals surface area contributed by atoms with E-state index < -0.39 is 0 Å². The zero-order valence-corrected chi connectivity index (χ0v) is 12.5. The molecule has 2 heteroatoms. The fraction of sp³-hybridized carbons (Fsp3) is 0.706. The van der Waals surface area contributed by atoms with Crippen molar-refractivity contribution < 1.29 is 9.53 Å². The van der Waals surface area contributed by atoms with Crippen LogP contribution in [0.1, 0.15) is 71.1 Å². The van der Waals surface area contributed by atoms with Gasteiger partial charge in [-0.15, -0.1) is 6.58 Å². The zero-order valence-electron chi connectivity index (χ0n) is 12.5. The fourth-order valence-electron chi connectivity index (χ4n) is 1.88. The summed E-state index contributed by atoms with van der Waals surface area (Å²) < 4.78 is 5.17. The van der Waals surface area contributed by atoms with Crippen molar-refractivity contribution >= 4 is 5.97 Å². The summed E-state index contributed by atoms with van der Waals surface area (Å²) in [6, 6.07) is 0. The van der Waals surface area contributed by atoms with Crippen LogP contribution in [0.3, 0.4) is 0 Å². The van der Waals surface area contributed by atoms with Gasteiger partial charge in [0.2, 0.25) is 0 Å². The number of carbonyl (C=O) groups is 1. The molecule has 2 nitrogen and oxygen atoms in total. The van der Waals surface area contributed by atoms with Crippen LogP contribution in [0.25, 0.3) is 0 Å². The third-order valence-corrected chi connectivity index (χ3v) is 3.05. The van der Waals surface area contributed by atoms with Gasteiger partial charge >= 0.3 is 5.97 Å². The minimum atomic E-state index is -0.0347. The van der Waals surface area contributed by atoms with Crippen LogP contribution in [0.4, 0.5) is 0 Å². The third-order valence-electron chi connectivity index (χ3n) is 3.05. The molecule has 0 saturated carbocycles. The van der Waals surface area contributed by atoms with Crippen molar-refractivity contribution in [1.82, 2.24) is 0 Å². The van der Waals surface area contributed by atoms with Crippen LogP contribution in [0.5, 0.6) is 0 Å².